The highest BCUT2D eigenvalue weighted by molar-refractivity contribution is 9.11. The van der Waals surface area contributed by atoms with E-state index in [2.05, 4.69) is 29.8 Å². The van der Waals surface area contributed by atoms with Gasteiger partial charge in [0.25, 0.3) is 10.0 Å². The topological polar surface area (TPSA) is 37.4 Å². The maximum absolute atomic E-state index is 12.5. The van der Waals surface area contributed by atoms with Gasteiger partial charge in [0.2, 0.25) is 0 Å². The minimum absolute atomic E-state index is 0.311. The molecule has 0 saturated carbocycles. The van der Waals surface area contributed by atoms with Crippen molar-refractivity contribution in [2.45, 2.75) is 28.6 Å². The highest BCUT2D eigenvalue weighted by Crippen LogP contribution is 2.37. The Morgan fingerprint density at radius 1 is 1.39 bits per heavy atom. The summed E-state index contributed by atoms with van der Waals surface area (Å²) in [5.74, 6) is 0. The Morgan fingerprint density at radius 3 is 2.39 bits per heavy atom. The van der Waals surface area contributed by atoms with E-state index in [0.29, 0.717) is 36.6 Å². The standard InChI is InChI=1S/C10H13BrClNO2S3/c1-6-4-13(5-7(2)16-6)18(14,15)9-3-8(12)10(11)17-9/h3,6-7H,4-5H2,1-2H3. The fraction of sp³-hybridized carbons (Fsp3) is 0.600. The van der Waals surface area contributed by atoms with E-state index in [1.165, 1.54) is 17.4 Å². The first-order valence-electron chi connectivity index (χ1n) is 5.41. The number of hydrogen-bond donors (Lipinski definition) is 0. The van der Waals surface area contributed by atoms with Gasteiger partial charge in [-0.05, 0) is 22.0 Å². The second-order valence-corrected chi connectivity index (χ2v) is 11.1. The highest BCUT2D eigenvalue weighted by atomic mass is 79.9. The number of hydrogen-bond acceptors (Lipinski definition) is 4. The monoisotopic (exact) mass is 389 g/mol. The molecule has 0 spiro atoms. The molecule has 1 fully saturated rings. The molecule has 2 atom stereocenters. The van der Waals surface area contributed by atoms with Crippen LogP contribution in [0.1, 0.15) is 13.8 Å². The van der Waals surface area contributed by atoms with Crippen molar-refractivity contribution in [3.63, 3.8) is 0 Å². The average Bonchev–Trinajstić information content (AvgIpc) is 2.58. The van der Waals surface area contributed by atoms with E-state index < -0.39 is 10.0 Å². The molecule has 18 heavy (non-hydrogen) atoms. The summed E-state index contributed by atoms with van der Waals surface area (Å²) in [6.07, 6.45) is 0. The van der Waals surface area contributed by atoms with E-state index in [-0.39, 0.29) is 0 Å². The van der Waals surface area contributed by atoms with E-state index >= 15 is 0 Å². The van der Waals surface area contributed by atoms with E-state index in [1.54, 1.807) is 4.31 Å². The molecule has 1 aliphatic heterocycles. The smallest absolute Gasteiger partial charge is 0.206 e. The van der Waals surface area contributed by atoms with Gasteiger partial charge < -0.3 is 0 Å². The van der Waals surface area contributed by atoms with Crippen LogP contribution in [0, 0.1) is 0 Å². The predicted octanol–water partition coefficient (Wildman–Crippen LogP) is 3.68. The third-order valence-corrected chi connectivity index (χ3v) is 8.59. The quantitative estimate of drug-likeness (QED) is 0.773. The molecule has 8 heteroatoms. The van der Waals surface area contributed by atoms with E-state index in [9.17, 15) is 8.42 Å². The van der Waals surface area contributed by atoms with Crippen molar-refractivity contribution < 1.29 is 8.42 Å². The van der Waals surface area contributed by atoms with Crippen molar-refractivity contribution in [2.24, 2.45) is 0 Å². The zero-order valence-corrected chi connectivity index (χ0v) is 14.7. The lowest BCUT2D eigenvalue weighted by molar-refractivity contribution is 0.406. The lowest BCUT2D eigenvalue weighted by Gasteiger charge is -2.33. The van der Waals surface area contributed by atoms with Crippen LogP contribution in [0.2, 0.25) is 5.02 Å². The van der Waals surface area contributed by atoms with Crippen LogP contribution in [0.5, 0.6) is 0 Å². The minimum Gasteiger partial charge on any atom is -0.206 e. The Kier molecular flexibility index (Phi) is 4.72. The van der Waals surface area contributed by atoms with Crippen LogP contribution in [0.25, 0.3) is 0 Å². The fourth-order valence-corrected chi connectivity index (χ4v) is 7.59. The first-order chi connectivity index (χ1) is 8.30. The van der Waals surface area contributed by atoms with Gasteiger partial charge in [0.1, 0.15) is 4.21 Å². The van der Waals surface area contributed by atoms with Crippen LogP contribution in [-0.2, 0) is 10.0 Å². The largest absolute Gasteiger partial charge is 0.252 e. The first-order valence-corrected chi connectivity index (χ1v) is 9.78. The van der Waals surface area contributed by atoms with Gasteiger partial charge in [-0.3, -0.25) is 0 Å². The summed E-state index contributed by atoms with van der Waals surface area (Å²) in [7, 11) is -3.41. The van der Waals surface area contributed by atoms with Crippen LogP contribution >= 0.6 is 50.6 Å². The first kappa shape index (κ1) is 15.1. The van der Waals surface area contributed by atoms with Gasteiger partial charge in [-0.1, -0.05) is 25.4 Å². The maximum atomic E-state index is 12.5. The van der Waals surface area contributed by atoms with Gasteiger partial charge in [0.15, 0.2) is 0 Å². The van der Waals surface area contributed by atoms with Crippen molar-refractivity contribution in [3.05, 3.63) is 14.9 Å². The van der Waals surface area contributed by atoms with Gasteiger partial charge in [-0.25, -0.2) is 8.42 Å². The SMILES string of the molecule is CC1CN(S(=O)(=O)c2cc(Cl)c(Br)s2)CC(C)S1. The van der Waals surface area contributed by atoms with Crippen molar-refractivity contribution in [3.8, 4) is 0 Å². The summed E-state index contributed by atoms with van der Waals surface area (Å²) >= 11 is 12.2. The summed E-state index contributed by atoms with van der Waals surface area (Å²) < 4.78 is 27.5. The van der Waals surface area contributed by atoms with Crippen LogP contribution in [0.3, 0.4) is 0 Å². The number of rotatable bonds is 2. The zero-order valence-electron chi connectivity index (χ0n) is 9.89. The molecule has 1 aromatic rings. The van der Waals surface area contributed by atoms with Gasteiger partial charge in [-0.15, -0.1) is 11.3 Å². The predicted molar refractivity (Wildman–Crippen MR) is 82.3 cm³/mol. The second kappa shape index (κ2) is 5.61. The molecule has 1 saturated heterocycles. The number of sulfonamides is 1. The molecule has 0 radical (unpaired) electrons. The van der Waals surface area contributed by atoms with E-state index in [0.717, 1.165) is 0 Å². The molecule has 102 valence electrons. The molecule has 0 aromatic carbocycles. The third kappa shape index (κ3) is 3.07. The Balaban J connectivity index is 2.30. The molecule has 2 heterocycles. The molecule has 3 nitrogen and oxygen atoms in total. The van der Waals surface area contributed by atoms with Crippen molar-refractivity contribution in [1.82, 2.24) is 4.31 Å². The van der Waals surface area contributed by atoms with Crippen molar-refractivity contribution >= 4 is 60.7 Å². The average molecular weight is 391 g/mol. The van der Waals surface area contributed by atoms with Gasteiger partial charge >= 0.3 is 0 Å². The van der Waals surface area contributed by atoms with Crippen LogP contribution in [0.4, 0.5) is 0 Å². The van der Waals surface area contributed by atoms with Crippen molar-refractivity contribution in [2.75, 3.05) is 13.1 Å². The van der Waals surface area contributed by atoms with Crippen LogP contribution in [0.15, 0.2) is 14.1 Å². The maximum Gasteiger partial charge on any atom is 0.252 e. The highest BCUT2D eigenvalue weighted by Gasteiger charge is 2.33. The Bertz CT molecular complexity index is 516. The lowest BCUT2D eigenvalue weighted by atomic mass is 10.4. The van der Waals surface area contributed by atoms with Crippen molar-refractivity contribution in [1.29, 1.82) is 0 Å². The Labute approximate surface area is 129 Å². The molecule has 2 rings (SSSR count). The van der Waals surface area contributed by atoms with E-state index in [1.807, 2.05) is 11.8 Å². The number of nitrogens with zero attached hydrogens (tertiary/aromatic N) is 1. The van der Waals surface area contributed by atoms with E-state index in [4.69, 9.17) is 11.6 Å². The summed E-state index contributed by atoms with van der Waals surface area (Å²) in [6, 6.07) is 1.52. The number of thioether (sulfide) groups is 1. The van der Waals surface area contributed by atoms with Gasteiger partial charge in [0, 0.05) is 23.6 Å². The molecule has 2 unspecified atom stereocenters. The summed E-state index contributed by atoms with van der Waals surface area (Å²) in [4.78, 5) is 0. The second-order valence-electron chi connectivity index (χ2n) is 4.27. The Morgan fingerprint density at radius 2 is 1.94 bits per heavy atom. The Hall–Kier alpha value is 0.730. The van der Waals surface area contributed by atoms with Crippen LogP contribution in [-0.4, -0.2) is 36.3 Å². The molecule has 0 bridgehead atoms. The van der Waals surface area contributed by atoms with Crippen LogP contribution < -0.4 is 0 Å². The minimum atomic E-state index is -3.41. The van der Waals surface area contributed by atoms with Gasteiger partial charge in [-0.2, -0.15) is 16.1 Å². The summed E-state index contributed by atoms with van der Waals surface area (Å²) in [5, 5.41) is 1.09. The molecular weight excluding hydrogens is 378 g/mol. The molecule has 1 aliphatic rings. The fourth-order valence-electron chi connectivity index (χ4n) is 1.91. The molecule has 0 aliphatic carbocycles. The molecule has 0 amide bonds. The molecule has 1 aromatic heterocycles. The number of thiophene rings is 1. The zero-order chi connectivity index (χ0) is 13.5. The van der Waals surface area contributed by atoms with Gasteiger partial charge in [0.05, 0.1) is 8.81 Å². The summed E-state index contributed by atoms with van der Waals surface area (Å²) in [5.41, 5.74) is 0. The normalized spacial score (nSPS) is 26.4. The molecule has 0 N–H and O–H groups in total. The molecular formula is C10H13BrClNO2S3. The third-order valence-electron chi connectivity index (χ3n) is 2.60. The summed E-state index contributed by atoms with van der Waals surface area (Å²) in [6.45, 7) is 5.23. The number of halogens is 2. The lowest BCUT2D eigenvalue weighted by Crippen LogP contribution is -2.43.